The van der Waals surface area contributed by atoms with E-state index in [9.17, 15) is 14.7 Å². The van der Waals surface area contributed by atoms with Gasteiger partial charge in [0.05, 0.1) is 6.54 Å². The van der Waals surface area contributed by atoms with E-state index in [4.69, 9.17) is 0 Å². The van der Waals surface area contributed by atoms with E-state index in [1.165, 1.54) is 11.3 Å². The van der Waals surface area contributed by atoms with Gasteiger partial charge in [-0.15, -0.1) is 11.3 Å². The predicted molar refractivity (Wildman–Crippen MR) is 76.5 cm³/mol. The molecule has 0 aliphatic carbocycles. The van der Waals surface area contributed by atoms with Gasteiger partial charge in [0.15, 0.2) is 6.04 Å². The summed E-state index contributed by atoms with van der Waals surface area (Å²) < 4.78 is 0. The molecule has 20 heavy (non-hydrogen) atoms. The van der Waals surface area contributed by atoms with E-state index in [0.717, 1.165) is 4.88 Å². The lowest BCUT2D eigenvalue weighted by Gasteiger charge is -2.15. The molecule has 0 spiro atoms. The lowest BCUT2D eigenvalue weighted by Crippen LogP contribution is -2.40. The van der Waals surface area contributed by atoms with Crippen molar-refractivity contribution in [2.75, 3.05) is 0 Å². The van der Waals surface area contributed by atoms with Crippen LogP contribution in [0.3, 0.4) is 0 Å². The summed E-state index contributed by atoms with van der Waals surface area (Å²) in [5.41, 5.74) is 0.534. The summed E-state index contributed by atoms with van der Waals surface area (Å²) >= 11 is 1.53. The first kappa shape index (κ1) is 14.1. The second-order valence-electron chi connectivity index (χ2n) is 4.09. The van der Waals surface area contributed by atoms with Crippen LogP contribution in [0.1, 0.15) is 16.5 Å². The maximum absolute atomic E-state index is 11.7. The van der Waals surface area contributed by atoms with Gasteiger partial charge in [0.25, 0.3) is 0 Å². The van der Waals surface area contributed by atoms with Crippen LogP contribution in [0.5, 0.6) is 0 Å². The van der Waals surface area contributed by atoms with Crippen LogP contribution in [0.4, 0.5) is 4.79 Å². The number of rotatable bonds is 5. The molecule has 1 aromatic heterocycles. The van der Waals surface area contributed by atoms with Gasteiger partial charge in [0, 0.05) is 4.88 Å². The number of carbonyl (C=O) groups is 2. The fourth-order valence-corrected chi connectivity index (χ4v) is 2.34. The van der Waals surface area contributed by atoms with E-state index in [1.807, 2.05) is 17.5 Å². The van der Waals surface area contributed by atoms with Crippen LogP contribution >= 0.6 is 11.3 Å². The molecule has 0 aliphatic heterocycles. The monoisotopic (exact) mass is 290 g/mol. The normalized spacial score (nSPS) is 11.6. The molecule has 0 aliphatic rings. The standard InChI is InChI=1S/C14H14N2O3S/c17-13(18)12(10-5-2-1-3-6-10)16-14(19)15-9-11-7-4-8-20-11/h1-8,12H,9H2,(H,17,18)(H2,15,16,19)/t12-/m0/s1. The van der Waals surface area contributed by atoms with Crippen molar-refractivity contribution in [2.24, 2.45) is 0 Å². The SMILES string of the molecule is O=C(NCc1cccs1)N[C@H](C(=O)O)c1ccccc1. The molecule has 0 radical (unpaired) electrons. The quantitative estimate of drug-likeness (QED) is 0.791. The molecule has 2 amide bonds. The molecule has 6 heteroatoms. The third kappa shape index (κ3) is 3.83. The maximum Gasteiger partial charge on any atom is 0.330 e. The average molecular weight is 290 g/mol. The second kappa shape index (κ2) is 6.72. The number of urea groups is 1. The summed E-state index contributed by atoms with van der Waals surface area (Å²) in [6.45, 7) is 0.380. The van der Waals surface area contributed by atoms with Gasteiger partial charge < -0.3 is 15.7 Å². The molecule has 1 heterocycles. The Hall–Kier alpha value is -2.34. The van der Waals surface area contributed by atoms with Crippen LogP contribution in [0, 0.1) is 0 Å². The first-order valence-electron chi connectivity index (χ1n) is 6.01. The highest BCUT2D eigenvalue weighted by Gasteiger charge is 2.21. The van der Waals surface area contributed by atoms with Gasteiger partial charge in [-0.05, 0) is 17.0 Å². The molecule has 2 aromatic rings. The lowest BCUT2D eigenvalue weighted by molar-refractivity contribution is -0.139. The van der Waals surface area contributed by atoms with Crippen molar-refractivity contribution >= 4 is 23.3 Å². The third-order valence-electron chi connectivity index (χ3n) is 2.66. The van der Waals surface area contributed by atoms with Crippen LogP contribution in [-0.2, 0) is 11.3 Å². The molecule has 0 fully saturated rings. The van der Waals surface area contributed by atoms with Crippen molar-refractivity contribution in [3.63, 3.8) is 0 Å². The summed E-state index contributed by atoms with van der Waals surface area (Å²) in [5.74, 6) is -1.09. The molecule has 1 aromatic carbocycles. The molecular weight excluding hydrogens is 276 g/mol. The van der Waals surface area contributed by atoms with Crippen molar-refractivity contribution in [3.8, 4) is 0 Å². The molecule has 0 bridgehead atoms. The van der Waals surface area contributed by atoms with Crippen molar-refractivity contribution in [1.29, 1.82) is 0 Å². The maximum atomic E-state index is 11.7. The van der Waals surface area contributed by atoms with Gasteiger partial charge in [-0.1, -0.05) is 36.4 Å². The predicted octanol–water partition coefficient (Wildman–Crippen LogP) is 2.37. The Bertz CT molecular complexity index is 569. The first-order chi connectivity index (χ1) is 9.66. The number of aliphatic carboxylic acids is 1. The van der Waals surface area contributed by atoms with Gasteiger partial charge in [-0.25, -0.2) is 9.59 Å². The minimum Gasteiger partial charge on any atom is -0.479 e. The van der Waals surface area contributed by atoms with E-state index in [-0.39, 0.29) is 0 Å². The van der Waals surface area contributed by atoms with E-state index >= 15 is 0 Å². The number of benzene rings is 1. The lowest BCUT2D eigenvalue weighted by atomic mass is 10.1. The number of thiophene rings is 1. The second-order valence-corrected chi connectivity index (χ2v) is 5.12. The van der Waals surface area contributed by atoms with Gasteiger partial charge in [0.1, 0.15) is 0 Å². The van der Waals surface area contributed by atoms with E-state index < -0.39 is 18.0 Å². The number of hydrogen-bond acceptors (Lipinski definition) is 3. The van der Waals surface area contributed by atoms with Crippen LogP contribution in [-0.4, -0.2) is 17.1 Å². The fraction of sp³-hybridized carbons (Fsp3) is 0.143. The molecule has 104 valence electrons. The summed E-state index contributed by atoms with van der Waals surface area (Å²) in [6.07, 6.45) is 0. The van der Waals surface area contributed by atoms with E-state index in [2.05, 4.69) is 10.6 Å². The first-order valence-corrected chi connectivity index (χ1v) is 6.89. The number of carbonyl (C=O) groups excluding carboxylic acids is 1. The number of nitrogens with one attached hydrogen (secondary N) is 2. The van der Waals surface area contributed by atoms with Crippen LogP contribution in [0.2, 0.25) is 0 Å². The Labute approximate surface area is 120 Å². The topological polar surface area (TPSA) is 78.4 Å². The Morgan fingerprint density at radius 2 is 1.90 bits per heavy atom. The number of carboxylic acids is 1. The summed E-state index contributed by atoms with van der Waals surface area (Å²) in [5, 5.41) is 16.2. The van der Waals surface area contributed by atoms with Gasteiger partial charge in [-0.3, -0.25) is 0 Å². The summed E-state index contributed by atoms with van der Waals surface area (Å²) in [4.78, 5) is 24.0. The Morgan fingerprint density at radius 1 is 1.15 bits per heavy atom. The molecule has 2 rings (SSSR count). The van der Waals surface area contributed by atoms with Crippen molar-refractivity contribution in [2.45, 2.75) is 12.6 Å². The molecule has 1 atom stereocenters. The van der Waals surface area contributed by atoms with Gasteiger partial charge in [-0.2, -0.15) is 0 Å². The van der Waals surface area contributed by atoms with Crippen molar-refractivity contribution in [3.05, 3.63) is 58.3 Å². The minimum absolute atomic E-state index is 0.380. The average Bonchev–Trinajstić information content (AvgIpc) is 2.96. The Balaban J connectivity index is 1.95. The summed E-state index contributed by atoms with van der Waals surface area (Å²) in [6, 6.07) is 10.8. The molecule has 0 unspecified atom stereocenters. The van der Waals surface area contributed by atoms with E-state index in [1.54, 1.807) is 30.3 Å². The van der Waals surface area contributed by atoms with Crippen molar-refractivity contribution < 1.29 is 14.7 Å². The van der Waals surface area contributed by atoms with Gasteiger partial charge in [0.2, 0.25) is 0 Å². The molecule has 0 saturated carbocycles. The molecule has 3 N–H and O–H groups in total. The Morgan fingerprint density at radius 3 is 2.50 bits per heavy atom. The zero-order valence-electron chi connectivity index (χ0n) is 10.6. The zero-order valence-corrected chi connectivity index (χ0v) is 11.4. The molecule has 5 nitrogen and oxygen atoms in total. The number of hydrogen-bond donors (Lipinski definition) is 3. The van der Waals surface area contributed by atoms with Crippen LogP contribution in [0.15, 0.2) is 47.8 Å². The molecule has 0 saturated heterocycles. The van der Waals surface area contributed by atoms with Crippen LogP contribution in [0.25, 0.3) is 0 Å². The molecular formula is C14H14N2O3S. The minimum atomic E-state index is -1.09. The van der Waals surface area contributed by atoms with E-state index in [0.29, 0.717) is 12.1 Å². The smallest absolute Gasteiger partial charge is 0.330 e. The van der Waals surface area contributed by atoms with Crippen LogP contribution < -0.4 is 10.6 Å². The highest BCUT2D eigenvalue weighted by Crippen LogP contribution is 2.12. The summed E-state index contributed by atoms with van der Waals surface area (Å²) in [7, 11) is 0. The zero-order chi connectivity index (χ0) is 14.4. The number of amides is 2. The highest BCUT2D eigenvalue weighted by molar-refractivity contribution is 7.09. The fourth-order valence-electron chi connectivity index (χ4n) is 1.70. The Kier molecular flexibility index (Phi) is 4.73. The third-order valence-corrected chi connectivity index (χ3v) is 3.53. The highest BCUT2D eigenvalue weighted by atomic mass is 32.1. The largest absolute Gasteiger partial charge is 0.479 e. The van der Waals surface area contributed by atoms with Crippen molar-refractivity contribution in [1.82, 2.24) is 10.6 Å². The van der Waals surface area contributed by atoms with Gasteiger partial charge >= 0.3 is 12.0 Å². The number of carboxylic acid groups (broad SMARTS) is 1.